The van der Waals surface area contributed by atoms with E-state index in [9.17, 15) is 8.42 Å². The van der Waals surface area contributed by atoms with Crippen molar-refractivity contribution in [3.8, 4) is 11.4 Å². The standard InChI is InChI=1S/C15H19ClN4O2S2/c1-18(11-7-8-24(21,22)9-11)10-20-15(23)19(2)14(17-20)12-5-3-4-6-13(12)16/h3-6,11H,7-10H2,1-2H3. The molecular formula is C15H19ClN4O2S2. The van der Waals surface area contributed by atoms with Crippen molar-refractivity contribution in [2.45, 2.75) is 19.1 Å². The van der Waals surface area contributed by atoms with Gasteiger partial charge in [-0.2, -0.15) is 5.10 Å². The van der Waals surface area contributed by atoms with E-state index in [4.69, 9.17) is 23.8 Å². The van der Waals surface area contributed by atoms with Gasteiger partial charge in [0.1, 0.15) is 0 Å². The lowest BCUT2D eigenvalue weighted by Crippen LogP contribution is -2.34. The van der Waals surface area contributed by atoms with E-state index in [-0.39, 0.29) is 17.5 Å². The van der Waals surface area contributed by atoms with Gasteiger partial charge in [-0.05, 0) is 37.8 Å². The van der Waals surface area contributed by atoms with Crippen LogP contribution in [0.5, 0.6) is 0 Å². The van der Waals surface area contributed by atoms with Crippen molar-refractivity contribution in [2.75, 3.05) is 18.6 Å². The molecule has 3 rings (SSSR count). The Morgan fingerprint density at radius 3 is 2.75 bits per heavy atom. The molecule has 130 valence electrons. The van der Waals surface area contributed by atoms with Crippen LogP contribution >= 0.6 is 23.8 Å². The predicted molar refractivity (Wildman–Crippen MR) is 97.3 cm³/mol. The van der Waals surface area contributed by atoms with E-state index in [1.54, 1.807) is 4.68 Å². The molecule has 1 aromatic heterocycles. The van der Waals surface area contributed by atoms with Crippen LogP contribution < -0.4 is 0 Å². The average molecular weight is 387 g/mol. The third kappa shape index (κ3) is 3.42. The molecule has 1 aliphatic heterocycles. The number of aromatic nitrogens is 3. The summed E-state index contributed by atoms with van der Waals surface area (Å²) in [5, 5.41) is 5.20. The Bertz CT molecular complexity index is 920. The Kier molecular flexibility index (Phi) is 4.83. The zero-order valence-electron chi connectivity index (χ0n) is 13.5. The van der Waals surface area contributed by atoms with Crippen molar-refractivity contribution >= 4 is 33.7 Å². The van der Waals surface area contributed by atoms with E-state index in [2.05, 4.69) is 5.10 Å². The van der Waals surface area contributed by atoms with E-state index in [1.807, 2.05) is 47.8 Å². The van der Waals surface area contributed by atoms with Gasteiger partial charge in [0.15, 0.2) is 20.4 Å². The first-order valence-corrected chi connectivity index (χ1v) is 10.2. The maximum absolute atomic E-state index is 11.7. The summed E-state index contributed by atoms with van der Waals surface area (Å²) in [6.45, 7) is 0.442. The van der Waals surface area contributed by atoms with Crippen molar-refractivity contribution < 1.29 is 8.42 Å². The van der Waals surface area contributed by atoms with Gasteiger partial charge in [-0.15, -0.1) is 0 Å². The molecular weight excluding hydrogens is 368 g/mol. The number of hydrogen-bond donors (Lipinski definition) is 0. The molecule has 0 bridgehead atoms. The number of sulfone groups is 1. The highest BCUT2D eigenvalue weighted by molar-refractivity contribution is 7.91. The van der Waals surface area contributed by atoms with Crippen molar-refractivity contribution in [1.29, 1.82) is 0 Å². The monoisotopic (exact) mass is 386 g/mol. The van der Waals surface area contributed by atoms with Crippen LogP contribution in [0, 0.1) is 4.77 Å². The zero-order valence-corrected chi connectivity index (χ0v) is 15.9. The third-order valence-corrected chi connectivity index (χ3v) is 6.91. The molecule has 0 aliphatic carbocycles. The summed E-state index contributed by atoms with van der Waals surface area (Å²) in [5.41, 5.74) is 0.817. The van der Waals surface area contributed by atoms with Crippen molar-refractivity contribution in [1.82, 2.24) is 19.2 Å². The quantitative estimate of drug-likeness (QED) is 0.755. The van der Waals surface area contributed by atoms with Crippen LogP contribution in [0.15, 0.2) is 24.3 Å². The Hall–Kier alpha value is -1.22. The lowest BCUT2D eigenvalue weighted by molar-refractivity contribution is 0.196. The minimum absolute atomic E-state index is 0.00247. The summed E-state index contributed by atoms with van der Waals surface area (Å²) in [5.74, 6) is 1.14. The van der Waals surface area contributed by atoms with E-state index >= 15 is 0 Å². The van der Waals surface area contributed by atoms with Crippen LogP contribution in [0.25, 0.3) is 11.4 Å². The smallest absolute Gasteiger partial charge is 0.199 e. The fourth-order valence-corrected chi connectivity index (χ4v) is 5.12. The molecule has 1 atom stereocenters. The molecule has 0 radical (unpaired) electrons. The van der Waals surface area contributed by atoms with Crippen LogP contribution in [0.3, 0.4) is 0 Å². The van der Waals surface area contributed by atoms with Gasteiger partial charge in [-0.25, -0.2) is 13.1 Å². The minimum atomic E-state index is -2.91. The first kappa shape index (κ1) is 17.6. The normalized spacial score (nSPS) is 19.9. The number of nitrogens with zero attached hydrogens (tertiary/aromatic N) is 4. The van der Waals surface area contributed by atoms with Gasteiger partial charge < -0.3 is 4.57 Å². The summed E-state index contributed by atoms with van der Waals surface area (Å²) >= 11 is 11.7. The Morgan fingerprint density at radius 1 is 1.42 bits per heavy atom. The molecule has 0 spiro atoms. The average Bonchev–Trinajstić information content (AvgIpc) is 3.02. The zero-order chi connectivity index (χ0) is 17.5. The summed E-state index contributed by atoms with van der Waals surface area (Å²) < 4.78 is 27.4. The van der Waals surface area contributed by atoms with Gasteiger partial charge in [-0.1, -0.05) is 23.7 Å². The van der Waals surface area contributed by atoms with E-state index < -0.39 is 9.84 Å². The van der Waals surface area contributed by atoms with E-state index in [1.165, 1.54) is 0 Å². The molecule has 0 saturated carbocycles. The Balaban J connectivity index is 1.87. The third-order valence-electron chi connectivity index (χ3n) is 4.34. The van der Waals surface area contributed by atoms with E-state index in [0.717, 1.165) is 5.56 Å². The predicted octanol–water partition coefficient (Wildman–Crippen LogP) is 2.35. The Morgan fingerprint density at radius 2 is 2.12 bits per heavy atom. The molecule has 1 unspecified atom stereocenters. The highest BCUT2D eigenvalue weighted by atomic mass is 35.5. The largest absolute Gasteiger partial charge is 0.303 e. The van der Waals surface area contributed by atoms with Crippen molar-refractivity contribution in [3.05, 3.63) is 34.1 Å². The van der Waals surface area contributed by atoms with Crippen LogP contribution in [0.1, 0.15) is 6.42 Å². The lowest BCUT2D eigenvalue weighted by Gasteiger charge is -2.22. The van der Waals surface area contributed by atoms with Crippen LogP contribution in [0.2, 0.25) is 5.02 Å². The lowest BCUT2D eigenvalue weighted by atomic mass is 10.2. The summed E-state index contributed by atoms with van der Waals surface area (Å²) in [6, 6.07) is 7.48. The minimum Gasteiger partial charge on any atom is -0.303 e. The van der Waals surface area contributed by atoms with Gasteiger partial charge in [0.05, 0.1) is 23.2 Å². The molecule has 0 N–H and O–H groups in total. The van der Waals surface area contributed by atoms with Crippen LogP contribution in [-0.4, -0.2) is 52.3 Å². The topological polar surface area (TPSA) is 60.1 Å². The molecule has 2 aromatic rings. The molecule has 1 fully saturated rings. The Labute approximate surface area is 151 Å². The van der Waals surface area contributed by atoms with Crippen LogP contribution in [0.4, 0.5) is 0 Å². The molecule has 1 saturated heterocycles. The second-order valence-corrected chi connectivity index (χ2v) is 9.10. The second kappa shape index (κ2) is 6.59. The van der Waals surface area contributed by atoms with Crippen molar-refractivity contribution in [3.63, 3.8) is 0 Å². The number of hydrogen-bond acceptors (Lipinski definition) is 5. The van der Waals surface area contributed by atoms with Gasteiger partial charge in [-0.3, -0.25) is 4.90 Å². The van der Waals surface area contributed by atoms with Crippen molar-refractivity contribution in [2.24, 2.45) is 7.05 Å². The molecule has 9 heteroatoms. The molecule has 1 aromatic carbocycles. The van der Waals surface area contributed by atoms with Gasteiger partial charge in [0.25, 0.3) is 0 Å². The summed E-state index contributed by atoms with van der Waals surface area (Å²) in [7, 11) is 0.837. The van der Waals surface area contributed by atoms with E-state index in [0.29, 0.717) is 28.7 Å². The number of rotatable bonds is 4. The van der Waals surface area contributed by atoms with Gasteiger partial charge in [0, 0.05) is 18.7 Å². The second-order valence-electron chi connectivity index (χ2n) is 6.10. The fraction of sp³-hybridized carbons (Fsp3) is 0.467. The number of halogens is 1. The number of benzene rings is 1. The molecule has 0 amide bonds. The fourth-order valence-electron chi connectivity index (χ4n) is 2.91. The van der Waals surface area contributed by atoms with Crippen LogP contribution in [-0.2, 0) is 23.6 Å². The molecule has 2 heterocycles. The summed E-state index contributed by atoms with van der Waals surface area (Å²) in [4.78, 5) is 1.99. The molecule has 24 heavy (non-hydrogen) atoms. The SMILES string of the molecule is CN(Cn1nc(-c2ccccc2Cl)n(C)c1=S)C1CCS(=O)(=O)C1. The van der Waals surface area contributed by atoms with Gasteiger partial charge >= 0.3 is 0 Å². The highest BCUT2D eigenvalue weighted by Gasteiger charge is 2.31. The first-order valence-electron chi connectivity index (χ1n) is 7.58. The molecule has 1 aliphatic rings. The summed E-state index contributed by atoms with van der Waals surface area (Å²) in [6.07, 6.45) is 0.649. The first-order chi connectivity index (χ1) is 11.3. The maximum atomic E-state index is 11.7. The maximum Gasteiger partial charge on any atom is 0.199 e. The highest BCUT2D eigenvalue weighted by Crippen LogP contribution is 2.26. The van der Waals surface area contributed by atoms with Gasteiger partial charge in [0.2, 0.25) is 0 Å². The molecule has 6 nitrogen and oxygen atoms in total.